The van der Waals surface area contributed by atoms with Gasteiger partial charge in [-0.25, -0.2) is 4.99 Å². The molecule has 8 heteroatoms. The van der Waals surface area contributed by atoms with Crippen molar-refractivity contribution in [3.8, 4) is 5.75 Å². The normalized spacial score (nSPS) is 11.0. The van der Waals surface area contributed by atoms with Crippen LogP contribution in [0.1, 0.15) is 34.8 Å². The van der Waals surface area contributed by atoms with Crippen LogP contribution in [0.15, 0.2) is 53.5 Å². The van der Waals surface area contributed by atoms with Crippen molar-refractivity contribution in [1.29, 1.82) is 0 Å². The molecule has 0 heterocycles. The Morgan fingerprint density at radius 1 is 1.06 bits per heavy atom. The van der Waals surface area contributed by atoms with Gasteiger partial charge in [0.2, 0.25) is 0 Å². The van der Waals surface area contributed by atoms with Crippen LogP contribution in [0.25, 0.3) is 0 Å². The lowest BCUT2D eigenvalue weighted by Crippen LogP contribution is -2.38. The minimum atomic E-state index is -0.0697. The molecule has 33 heavy (non-hydrogen) atoms. The second kappa shape index (κ2) is 16.3. The summed E-state index contributed by atoms with van der Waals surface area (Å²) in [4.78, 5) is 18.6. The van der Waals surface area contributed by atoms with E-state index in [1.54, 1.807) is 7.05 Å². The van der Waals surface area contributed by atoms with Crippen molar-refractivity contribution in [1.82, 2.24) is 20.9 Å². The monoisotopic (exact) mass is 567 g/mol. The number of hydrogen-bond acceptors (Lipinski definition) is 4. The number of amides is 1. The molecule has 0 saturated heterocycles. The fourth-order valence-electron chi connectivity index (χ4n) is 3.11. The molecule has 3 N–H and O–H groups in total. The van der Waals surface area contributed by atoms with Gasteiger partial charge in [-0.15, -0.1) is 24.0 Å². The van der Waals surface area contributed by atoms with Crippen LogP contribution < -0.4 is 20.7 Å². The van der Waals surface area contributed by atoms with Gasteiger partial charge in [0.05, 0.1) is 13.2 Å². The number of halogens is 1. The minimum Gasteiger partial charge on any atom is -0.494 e. The summed E-state index contributed by atoms with van der Waals surface area (Å²) in [5.41, 5.74) is 2.91. The quantitative estimate of drug-likeness (QED) is 0.159. The van der Waals surface area contributed by atoms with Crippen molar-refractivity contribution < 1.29 is 9.53 Å². The molecule has 0 bridgehead atoms. The van der Waals surface area contributed by atoms with Crippen LogP contribution in [0.3, 0.4) is 0 Å². The largest absolute Gasteiger partial charge is 0.494 e. The van der Waals surface area contributed by atoms with Gasteiger partial charge in [0.15, 0.2) is 5.96 Å². The zero-order valence-corrected chi connectivity index (χ0v) is 22.5. The van der Waals surface area contributed by atoms with E-state index >= 15 is 0 Å². The van der Waals surface area contributed by atoms with Gasteiger partial charge in [-0.2, -0.15) is 0 Å². The Labute approximate surface area is 215 Å². The molecule has 0 atom stereocenters. The number of carbonyl (C=O) groups excluding carboxylic acids is 1. The lowest BCUT2D eigenvalue weighted by molar-refractivity contribution is 0.0963. The van der Waals surface area contributed by atoms with E-state index in [-0.39, 0.29) is 29.9 Å². The molecule has 2 aromatic rings. The second-order valence-electron chi connectivity index (χ2n) is 7.80. The summed E-state index contributed by atoms with van der Waals surface area (Å²) in [6.45, 7) is 5.89. The first-order chi connectivity index (χ1) is 15.5. The van der Waals surface area contributed by atoms with E-state index in [2.05, 4.69) is 52.1 Å². The van der Waals surface area contributed by atoms with Gasteiger partial charge in [-0.1, -0.05) is 24.3 Å². The van der Waals surface area contributed by atoms with Gasteiger partial charge >= 0.3 is 0 Å². The van der Waals surface area contributed by atoms with Gasteiger partial charge in [-0.05, 0) is 69.3 Å². The van der Waals surface area contributed by atoms with Crippen LogP contribution in [0.4, 0.5) is 0 Å². The van der Waals surface area contributed by atoms with Crippen LogP contribution >= 0.6 is 24.0 Å². The standard InChI is InChI=1S/C25H37N5O2.HI/c1-5-27-25(28-15-14-20-8-6-9-22(18-20)24(31)26-2)29-19-21-10-12-23(13-11-21)32-17-7-16-30(3)4;/h6,8-13,18H,5,7,14-17,19H2,1-4H3,(H,26,31)(H2,27,28,29);1H. The van der Waals surface area contributed by atoms with Crippen molar-refractivity contribution in [2.45, 2.75) is 26.3 Å². The van der Waals surface area contributed by atoms with Crippen molar-refractivity contribution in [2.24, 2.45) is 4.99 Å². The van der Waals surface area contributed by atoms with Crippen LogP contribution in [-0.2, 0) is 13.0 Å². The third-order valence-electron chi connectivity index (χ3n) is 4.83. The Hall–Kier alpha value is -2.33. The molecule has 0 fully saturated rings. The highest BCUT2D eigenvalue weighted by Gasteiger charge is 2.04. The fourth-order valence-corrected chi connectivity index (χ4v) is 3.11. The van der Waals surface area contributed by atoms with E-state index in [4.69, 9.17) is 4.74 Å². The Bertz CT molecular complexity index is 856. The first-order valence-electron chi connectivity index (χ1n) is 11.2. The summed E-state index contributed by atoms with van der Waals surface area (Å²) in [5.74, 6) is 1.60. The summed E-state index contributed by atoms with van der Waals surface area (Å²) in [5, 5.41) is 9.30. The molecule has 182 valence electrons. The SMILES string of the molecule is CCNC(=NCc1ccc(OCCCN(C)C)cc1)NCCc1cccc(C(=O)NC)c1.I. The van der Waals surface area contributed by atoms with E-state index in [0.29, 0.717) is 12.1 Å². The van der Waals surface area contributed by atoms with Crippen molar-refractivity contribution >= 4 is 35.8 Å². The number of hydrogen-bond donors (Lipinski definition) is 3. The van der Waals surface area contributed by atoms with Crippen LogP contribution in [0.5, 0.6) is 5.75 Å². The number of nitrogens with zero attached hydrogens (tertiary/aromatic N) is 2. The molecule has 0 spiro atoms. The van der Waals surface area contributed by atoms with Crippen molar-refractivity contribution in [3.05, 3.63) is 65.2 Å². The van der Waals surface area contributed by atoms with Crippen LogP contribution in [0, 0.1) is 0 Å². The molecule has 7 nitrogen and oxygen atoms in total. The van der Waals surface area contributed by atoms with E-state index < -0.39 is 0 Å². The highest BCUT2D eigenvalue weighted by atomic mass is 127. The van der Waals surface area contributed by atoms with E-state index in [0.717, 1.165) is 61.9 Å². The molecule has 0 aromatic heterocycles. The molecule has 1 amide bonds. The van der Waals surface area contributed by atoms with E-state index in [1.165, 1.54) is 0 Å². The zero-order chi connectivity index (χ0) is 23.2. The molecule has 2 aromatic carbocycles. The van der Waals surface area contributed by atoms with Gasteiger partial charge in [0.1, 0.15) is 5.75 Å². The Morgan fingerprint density at radius 3 is 2.48 bits per heavy atom. The molecular weight excluding hydrogens is 529 g/mol. The number of nitrogens with one attached hydrogen (secondary N) is 3. The number of rotatable bonds is 12. The Balaban J connectivity index is 0.00000544. The fraction of sp³-hybridized carbons (Fsp3) is 0.440. The van der Waals surface area contributed by atoms with E-state index in [9.17, 15) is 4.79 Å². The summed E-state index contributed by atoms with van der Waals surface area (Å²) >= 11 is 0. The minimum absolute atomic E-state index is 0. The van der Waals surface area contributed by atoms with Gasteiger partial charge in [0, 0.05) is 32.2 Å². The smallest absolute Gasteiger partial charge is 0.251 e. The predicted octanol–water partition coefficient (Wildman–Crippen LogP) is 3.29. The van der Waals surface area contributed by atoms with Crippen LogP contribution in [0.2, 0.25) is 0 Å². The molecule has 0 radical (unpaired) electrons. The topological polar surface area (TPSA) is 78.0 Å². The zero-order valence-electron chi connectivity index (χ0n) is 20.2. The lowest BCUT2D eigenvalue weighted by Gasteiger charge is -2.12. The molecule has 0 saturated carbocycles. The first-order valence-corrected chi connectivity index (χ1v) is 11.2. The number of benzene rings is 2. The predicted molar refractivity (Wildman–Crippen MR) is 147 cm³/mol. The molecular formula is C25H38IN5O2. The maximum absolute atomic E-state index is 11.8. The summed E-state index contributed by atoms with van der Waals surface area (Å²) in [6.07, 6.45) is 1.81. The lowest BCUT2D eigenvalue weighted by atomic mass is 10.1. The third-order valence-corrected chi connectivity index (χ3v) is 4.83. The summed E-state index contributed by atoms with van der Waals surface area (Å²) in [7, 11) is 5.77. The second-order valence-corrected chi connectivity index (χ2v) is 7.80. The molecule has 0 aliphatic rings. The molecule has 2 rings (SSSR count). The first kappa shape index (κ1) is 28.7. The molecule has 0 unspecified atom stereocenters. The number of carbonyl (C=O) groups is 1. The average Bonchev–Trinajstić information content (AvgIpc) is 2.80. The molecule has 0 aliphatic carbocycles. The maximum atomic E-state index is 11.8. The van der Waals surface area contributed by atoms with Gasteiger partial charge in [0.25, 0.3) is 5.91 Å². The Kier molecular flexibility index (Phi) is 14.2. The van der Waals surface area contributed by atoms with Gasteiger partial charge < -0.3 is 25.6 Å². The van der Waals surface area contributed by atoms with Gasteiger partial charge in [-0.3, -0.25) is 4.79 Å². The van der Waals surface area contributed by atoms with E-state index in [1.807, 2.05) is 43.3 Å². The maximum Gasteiger partial charge on any atom is 0.251 e. The number of ether oxygens (including phenoxy) is 1. The highest BCUT2D eigenvalue weighted by molar-refractivity contribution is 14.0. The third kappa shape index (κ3) is 11.4. The average molecular weight is 568 g/mol. The summed E-state index contributed by atoms with van der Waals surface area (Å²) < 4.78 is 5.79. The molecule has 0 aliphatic heterocycles. The Morgan fingerprint density at radius 2 is 1.82 bits per heavy atom. The van der Waals surface area contributed by atoms with Crippen molar-refractivity contribution in [3.63, 3.8) is 0 Å². The summed E-state index contributed by atoms with van der Waals surface area (Å²) in [6, 6.07) is 15.8. The highest BCUT2D eigenvalue weighted by Crippen LogP contribution is 2.13. The van der Waals surface area contributed by atoms with Crippen LogP contribution in [-0.4, -0.2) is 64.2 Å². The van der Waals surface area contributed by atoms with Crippen molar-refractivity contribution in [2.75, 3.05) is 47.4 Å². The number of aliphatic imine (C=N–C) groups is 1. The number of guanidine groups is 1.